The van der Waals surface area contributed by atoms with E-state index in [0.29, 0.717) is 18.5 Å². The fourth-order valence-electron chi connectivity index (χ4n) is 2.71. The highest BCUT2D eigenvalue weighted by atomic mass is 32.1. The van der Waals surface area contributed by atoms with Crippen LogP contribution in [0.2, 0.25) is 0 Å². The summed E-state index contributed by atoms with van der Waals surface area (Å²) in [6.45, 7) is 4.49. The molecule has 0 radical (unpaired) electrons. The maximum atomic E-state index is 12.4. The molecular weight excluding hydrogens is 300 g/mol. The largest absolute Gasteiger partial charge is 0.340 e. The third-order valence-electron chi connectivity index (χ3n) is 3.80. The van der Waals surface area contributed by atoms with Gasteiger partial charge in [0.1, 0.15) is 6.04 Å². The lowest BCUT2D eigenvalue weighted by Crippen LogP contribution is -2.41. The van der Waals surface area contributed by atoms with Gasteiger partial charge in [-0.25, -0.2) is 0 Å². The number of aryl methyl sites for hydroxylation is 3. The Bertz CT molecular complexity index is 734. The molecule has 0 unspecified atom stereocenters. The third kappa shape index (κ3) is 2.64. The minimum absolute atomic E-state index is 0.0778. The van der Waals surface area contributed by atoms with Gasteiger partial charge in [-0.05, 0) is 26.3 Å². The second kappa shape index (κ2) is 5.57. The molecule has 0 bridgehead atoms. The van der Waals surface area contributed by atoms with Crippen LogP contribution < -0.4 is 10.2 Å². The van der Waals surface area contributed by atoms with Crippen LogP contribution in [0, 0.1) is 13.8 Å². The van der Waals surface area contributed by atoms with Gasteiger partial charge in [-0.1, -0.05) is 0 Å². The number of aromatic nitrogens is 2. The summed E-state index contributed by atoms with van der Waals surface area (Å²) in [6.07, 6.45) is 4.07. The number of rotatable bonds is 3. The first-order chi connectivity index (χ1) is 10.5. The Kier molecular flexibility index (Phi) is 3.74. The summed E-state index contributed by atoms with van der Waals surface area (Å²) in [5, 5.41) is 6.94. The highest BCUT2D eigenvalue weighted by Crippen LogP contribution is 2.23. The van der Waals surface area contributed by atoms with Crippen molar-refractivity contribution in [2.45, 2.75) is 26.3 Å². The van der Waals surface area contributed by atoms with Crippen molar-refractivity contribution in [3.05, 3.63) is 33.8 Å². The Morgan fingerprint density at radius 2 is 2.23 bits per heavy atom. The van der Waals surface area contributed by atoms with Crippen LogP contribution in [0.5, 0.6) is 0 Å². The Morgan fingerprint density at radius 3 is 2.82 bits per heavy atom. The Labute approximate surface area is 132 Å². The zero-order chi connectivity index (χ0) is 15.9. The predicted octanol–water partition coefficient (Wildman–Crippen LogP) is 1.63. The van der Waals surface area contributed by atoms with Gasteiger partial charge in [0, 0.05) is 29.5 Å². The van der Waals surface area contributed by atoms with Crippen molar-refractivity contribution in [1.82, 2.24) is 15.1 Å². The van der Waals surface area contributed by atoms with E-state index in [4.69, 9.17) is 0 Å². The van der Waals surface area contributed by atoms with E-state index in [2.05, 4.69) is 10.4 Å². The van der Waals surface area contributed by atoms with Gasteiger partial charge in [-0.15, -0.1) is 11.3 Å². The Hall–Kier alpha value is -2.15. The molecule has 1 fully saturated rings. The van der Waals surface area contributed by atoms with Gasteiger partial charge >= 0.3 is 0 Å². The number of carbonyl (C=O) groups excluding carboxylic acids is 2. The van der Waals surface area contributed by atoms with E-state index in [0.717, 1.165) is 15.4 Å². The van der Waals surface area contributed by atoms with E-state index in [9.17, 15) is 9.59 Å². The molecule has 2 aromatic rings. The molecule has 2 aromatic heterocycles. The highest BCUT2D eigenvalue weighted by molar-refractivity contribution is 7.12. The summed E-state index contributed by atoms with van der Waals surface area (Å²) in [4.78, 5) is 28.5. The van der Waals surface area contributed by atoms with Gasteiger partial charge in [0.15, 0.2) is 0 Å². The molecule has 0 aromatic carbocycles. The quantitative estimate of drug-likeness (QED) is 0.935. The maximum Gasteiger partial charge on any atom is 0.253 e. The van der Waals surface area contributed by atoms with Gasteiger partial charge in [0.05, 0.1) is 17.4 Å². The predicted molar refractivity (Wildman–Crippen MR) is 85.2 cm³/mol. The second-order valence-electron chi connectivity index (χ2n) is 5.50. The van der Waals surface area contributed by atoms with Crippen LogP contribution in [0.1, 0.15) is 26.5 Å². The van der Waals surface area contributed by atoms with Gasteiger partial charge in [-0.2, -0.15) is 5.10 Å². The molecule has 3 rings (SSSR count). The summed E-state index contributed by atoms with van der Waals surface area (Å²) >= 11 is 1.59. The molecule has 0 aliphatic carbocycles. The number of nitrogens with one attached hydrogen (secondary N) is 1. The number of anilines is 1. The smallest absolute Gasteiger partial charge is 0.253 e. The van der Waals surface area contributed by atoms with Crippen molar-refractivity contribution in [2.24, 2.45) is 7.05 Å². The van der Waals surface area contributed by atoms with E-state index >= 15 is 0 Å². The topological polar surface area (TPSA) is 67.2 Å². The monoisotopic (exact) mass is 318 g/mol. The summed E-state index contributed by atoms with van der Waals surface area (Å²) in [7, 11) is 1.81. The lowest BCUT2D eigenvalue weighted by atomic mass is 10.2. The first-order valence-electron chi connectivity index (χ1n) is 7.13. The van der Waals surface area contributed by atoms with Crippen molar-refractivity contribution >= 4 is 28.8 Å². The molecule has 116 valence electrons. The molecule has 22 heavy (non-hydrogen) atoms. The molecule has 7 heteroatoms. The summed E-state index contributed by atoms with van der Waals surface area (Å²) in [5.41, 5.74) is 1.43. The number of thiophene rings is 1. The van der Waals surface area contributed by atoms with Crippen molar-refractivity contribution in [3.63, 3.8) is 0 Å². The number of amides is 2. The van der Waals surface area contributed by atoms with Crippen molar-refractivity contribution < 1.29 is 9.59 Å². The normalized spacial score (nSPS) is 18.0. The van der Waals surface area contributed by atoms with Crippen LogP contribution in [0.4, 0.5) is 5.69 Å². The zero-order valence-electron chi connectivity index (χ0n) is 12.8. The van der Waals surface area contributed by atoms with E-state index in [1.807, 2.05) is 27.0 Å². The molecule has 1 saturated heterocycles. The van der Waals surface area contributed by atoms with Crippen LogP contribution in [0.25, 0.3) is 0 Å². The molecule has 1 aliphatic heterocycles. The van der Waals surface area contributed by atoms with Crippen LogP contribution in [-0.4, -0.2) is 34.2 Å². The molecular formula is C15H18N4O2S. The van der Waals surface area contributed by atoms with Crippen LogP contribution in [0.3, 0.4) is 0 Å². The maximum absolute atomic E-state index is 12.4. The lowest BCUT2D eigenvalue weighted by molar-refractivity contribution is -0.118. The standard InChI is InChI=1S/C15H18N4O2S/c1-9-6-12(10(2)22-9)14(20)17-13-4-5-19(15(13)21)11-7-16-18(3)8-11/h6-8,13H,4-5H2,1-3H3,(H,17,20)/t13-/m0/s1. The van der Waals surface area contributed by atoms with E-state index in [1.165, 1.54) is 0 Å². The van der Waals surface area contributed by atoms with Gasteiger partial charge in [0.25, 0.3) is 5.91 Å². The summed E-state index contributed by atoms with van der Waals surface area (Å²) < 4.78 is 1.66. The van der Waals surface area contributed by atoms with Gasteiger partial charge in [-0.3, -0.25) is 14.3 Å². The number of nitrogens with zero attached hydrogens (tertiary/aromatic N) is 3. The van der Waals surface area contributed by atoms with E-state index in [-0.39, 0.29) is 11.8 Å². The Balaban J connectivity index is 1.70. The molecule has 1 aliphatic rings. The number of hydrogen-bond donors (Lipinski definition) is 1. The number of hydrogen-bond acceptors (Lipinski definition) is 4. The summed E-state index contributed by atoms with van der Waals surface area (Å²) in [5.74, 6) is -0.251. The van der Waals surface area contributed by atoms with Gasteiger partial charge < -0.3 is 10.2 Å². The molecule has 1 atom stereocenters. The summed E-state index contributed by atoms with van der Waals surface area (Å²) in [6, 6.07) is 1.40. The van der Waals surface area contributed by atoms with Crippen molar-refractivity contribution in [1.29, 1.82) is 0 Å². The van der Waals surface area contributed by atoms with Crippen LogP contribution in [0.15, 0.2) is 18.5 Å². The first kappa shape index (κ1) is 14.8. The fraction of sp³-hybridized carbons (Fsp3) is 0.400. The van der Waals surface area contributed by atoms with Crippen LogP contribution >= 0.6 is 11.3 Å². The molecule has 3 heterocycles. The van der Waals surface area contributed by atoms with Gasteiger partial charge in [0.2, 0.25) is 5.91 Å². The molecule has 2 amide bonds. The molecule has 0 saturated carbocycles. The minimum Gasteiger partial charge on any atom is -0.340 e. The fourth-order valence-corrected chi connectivity index (χ4v) is 3.63. The zero-order valence-corrected chi connectivity index (χ0v) is 13.6. The minimum atomic E-state index is -0.465. The SMILES string of the molecule is Cc1cc(C(=O)N[C@H]2CCN(c3cnn(C)c3)C2=O)c(C)s1. The first-order valence-corrected chi connectivity index (χ1v) is 7.95. The number of carbonyl (C=O) groups is 2. The molecule has 1 N–H and O–H groups in total. The molecule has 6 nitrogen and oxygen atoms in total. The Morgan fingerprint density at radius 1 is 1.45 bits per heavy atom. The van der Waals surface area contributed by atoms with E-state index < -0.39 is 6.04 Å². The highest BCUT2D eigenvalue weighted by Gasteiger charge is 2.34. The van der Waals surface area contributed by atoms with Crippen molar-refractivity contribution in [3.8, 4) is 0 Å². The van der Waals surface area contributed by atoms with E-state index in [1.54, 1.807) is 33.3 Å². The van der Waals surface area contributed by atoms with Crippen molar-refractivity contribution in [2.75, 3.05) is 11.4 Å². The average molecular weight is 318 g/mol. The molecule has 0 spiro atoms. The average Bonchev–Trinajstić information content (AvgIpc) is 3.11. The third-order valence-corrected chi connectivity index (χ3v) is 4.77. The second-order valence-corrected chi connectivity index (χ2v) is 6.96. The lowest BCUT2D eigenvalue weighted by Gasteiger charge is -2.15. The van der Waals surface area contributed by atoms with Crippen LogP contribution in [-0.2, 0) is 11.8 Å².